The molecule has 3 heterocycles. The number of benzene rings is 1. The third-order valence-electron chi connectivity index (χ3n) is 3.95. The summed E-state index contributed by atoms with van der Waals surface area (Å²) >= 11 is 0. The maximum atomic E-state index is 14.3. The summed E-state index contributed by atoms with van der Waals surface area (Å²) in [6.07, 6.45) is 2.05. The van der Waals surface area contributed by atoms with Crippen molar-refractivity contribution in [3.8, 4) is 28.5 Å². The molecule has 3 aromatic rings. The van der Waals surface area contributed by atoms with Crippen LogP contribution in [0.3, 0.4) is 0 Å². The van der Waals surface area contributed by atoms with Crippen LogP contribution in [0.4, 0.5) is 4.39 Å². The Morgan fingerprint density at radius 3 is 2.92 bits per heavy atom. The Morgan fingerprint density at radius 1 is 1.29 bits per heavy atom. The van der Waals surface area contributed by atoms with Crippen molar-refractivity contribution in [2.24, 2.45) is 5.73 Å². The Kier molecular flexibility index (Phi) is 3.50. The predicted molar refractivity (Wildman–Crippen MR) is 84.8 cm³/mol. The smallest absolute Gasteiger partial charge is 0.258 e. The largest absolute Gasteiger partial charge is 0.485 e. The van der Waals surface area contributed by atoms with Gasteiger partial charge in [0.1, 0.15) is 6.10 Å². The van der Waals surface area contributed by atoms with Crippen molar-refractivity contribution in [1.29, 1.82) is 0 Å². The van der Waals surface area contributed by atoms with Gasteiger partial charge in [-0.3, -0.25) is 4.98 Å². The van der Waals surface area contributed by atoms with Gasteiger partial charge in [-0.15, -0.1) is 0 Å². The average molecular weight is 326 g/mol. The van der Waals surface area contributed by atoms with Crippen LogP contribution in [-0.2, 0) is 6.42 Å². The van der Waals surface area contributed by atoms with Gasteiger partial charge in [0.25, 0.3) is 5.89 Å². The molecule has 1 aliphatic heterocycles. The van der Waals surface area contributed by atoms with Crippen molar-refractivity contribution in [2.75, 3.05) is 6.54 Å². The minimum absolute atomic E-state index is 0.176. The molecule has 0 radical (unpaired) electrons. The van der Waals surface area contributed by atoms with Gasteiger partial charge < -0.3 is 15.0 Å². The van der Waals surface area contributed by atoms with Crippen LogP contribution in [0.1, 0.15) is 11.4 Å². The van der Waals surface area contributed by atoms with Crippen molar-refractivity contribution >= 4 is 0 Å². The summed E-state index contributed by atoms with van der Waals surface area (Å²) in [6.45, 7) is 2.10. The summed E-state index contributed by atoms with van der Waals surface area (Å²) in [5.74, 6) is 0.846. The van der Waals surface area contributed by atoms with Crippen molar-refractivity contribution < 1.29 is 13.7 Å². The fourth-order valence-corrected chi connectivity index (χ4v) is 2.80. The van der Waals surface area contributed by atoms with E-state index in [0.29, 0.717) is 35.9 Å². The van der Waals surface area contributed by atoms with E-state index < -0.39 is 5.82 Å². The zero-order valence-corrected chi connectivity index (χ0v) is 13.0. The SMILES string of the molecule is Cc1noc(-c2ccnc(-c3cc(F)c4c(c3)CC(CN)O4)c2)n1. The first-order chi connectivity index (χ1) is 11.6. The molecule has 6 nitrogen and oxygen atoms in total. The molecule has 1 aliphatic rings. The molecule has 0 bridgehead atoms. The number of nitrogens with zero attached hydrogens (tertiary/aromatic N) is 3. The first-order valence-electron chi connectivity index (χ1n) is 7.60. The topological polar surface area (TPSA) is 87.1 Å². The molecule has 1 atom stereocenters. The van der Waals surface area contributed by atoms with Gasteiger partial charge in [-0.25, -0.2) is 4.39 Å². The van der Waals surface area contributed by atoms with Gasteiger partial charge in [0.05, 0.1) is 5.69 Å². The summed E-state index contributed by atoms with van der Waals surface area (Å²) in [5.41, 5.74) is 8.45. The molecule has 24 heavy (non-hydrogen) atoms. The lowest BCUT2D eigenvalue weighted by atomic mass is 10.0. The van der Waals surface area contributed by atoms with Crippen LogP contribution in [0.2, 0.25) is 0 Å². The van der Waals surface area contributed by atoms with E-state index in [4.69, 9.17) is 15.0 Å². The molecule has 0 saturated carbocycles. The molecular formula is C17H15FN4O2. The standard InChI is InChI=1S/C17H15FN4O2/c1-9-21-17(24-22-9)10-2-3-20-15(7-10)11-4-12-5-13(8-19)23-16(12)14(18)6-11/h2-4,6-7,13H,5,8,19H2,1H3. The third-order valence-corrected chi connectivity index (χ3v) is 3.95. The van der Waals surface area contributed by atoms with Crippen LogP contribution < -0.4 is 10.5 Å². The first-order valence-corrected chi connectivity index (χ1v) is 7.60. The highest BCUT2D eigenvalue weighted by atomic mass is 19.1. The number of hydrogen-bond donors (Lipinski definition) is 1. The van der Waals surface area contributed by atoms with Gasteiger partial charge in [0.2, 0.25) is 0 Å². The van der Waals surface area contributed by atoms with Gasteiger partial charge in [-0.05, 0) is 31.2 Å². The first kappa shape index (κ1) is 14.8. The number of ether oxygens (including phenoxy) is 1. The van der Waals surface area contributed by atoms with Crippen molar-refractivity contribution in [2.45, 2.75) is 19.4 Å². The van der Waals surface area contributed by atoms with Crippen LogP contribution in [0.15, 0.2) is 35.0 Å². The van der Waals surface area contributed by atoms with Crippen LogP contribution in [0.25, 0.3) is 22.7 Å². The van der Waals surface area contributed by atoms with E-state index >= 15 is 0 Å². The van der Waals surface area contributed by atoms with Gasteiger partial charge in [0, 0.05) is 35.9 Å². The number of aryl methyl sites for hydroxylation is 1. The molecular weight excluding hydrogens is 311 g/mol. The summed E-state index contributed by atoms with van der Waals surface area (Å²) < 4.78 is 25.0. The molecule has 0 saturated heterocycles. The van der Waals surface area contributed by atoms with Crippen molar-refractivity contribution in [3.05, 3.63) is 47.7 Å². The van der Waals surface area contributed by atoms with E-state index in [-0.39, 0.29) is 11.9 Å². The van der Waals surface area contributed by atoms with Crippen LogP contribution in [0, 0.1) is 12.7 Å². The number of fused-ring (bicyclic) bond motifs is 1. The van der Waals surface area contributed by atoms with Gasteiger partial charge in [-0.1, -0.05) is 5.16 Å². The quantitative estimate of drug-likeness (QED) is 0.796. The zero-order chi connectivity index (χ0) is 16.7. The molecule has 0 fully saturated rings. The molecule has 122 valence electrons. The minimum atomic E-state index is -0.403. The number of nitrogens with two attached hydrogens (primary N) is 1. The minimum Gasteiger partial charge on any atom is -0.485 e. The highest BCUT2D eigenvalue weighted by Crippen LogP contribution is 2.35. The second-order valence-electron chi connectivity index (χ2n) is 5.70. The number of hydrogen-bond acceptors (Lipinski definition) is 6. The number of halogens is 1. The number of rotatable bonds is 3. The summed E-state index contributed by atoms with van der Waals surface area (Å²) in [4.78, 5) is 8.52. The lowest BCUT2D eigenvalue weighted by Crippen LogP contribution is -2.24. The summed E-state index contributed by atoms with van der Waals surface area (Å²) in [7, 11) is 0. The maximum absolute atomic E-state index is 14.3. The van der Waals surface area contributed by atoms with Crippen LogP contribution in [-0.4, -0.2) is 27.8 Å². The molecule has 0 amide bonds. The lowest BCUT2D eigenvalue weighted by molar-refractivity contribution is 0.232. The Labute approximate surface area is 137 Å². The zero-order valence-electron chi connectivity index (χ0n) is 13.0. The second-order valence-corrected chi connectivity index (χ2v) is 5.70. The van der Waals surface area contributed by atoms with Gasteiger partial charge in [-0.2, -0.15) is 4.98 Å². The summed E-state index contributed by atoms with van der Waals surface area (Å²) in [6, 6.07) is 6.88. The molecule has 1 aromatic carbocycles. The van der Waals surface area contributed by atoms with Crippen LogP contribution in [0.5, 0.6) is 5.75 Å². The van der Waals surface area contributed by atoms with Gasteiger partial charge >= 0.3 is 0 Å². The molecule has 2 N–H and O–H groups in total. The monoisotopic (exact) mass is 326 g/mol. The Hall–Kier alpha value is -2.80. The predicted octanol–water partition coefficient (Wildman–Crippen LogP) is 2.51. The Morgan fingerprint density at radius 2 is 2.17 bits per heavy atom. The summed E-state index contributed by atoms with van der Waals surface area (Å²) in [5, 5.41) is 3.78. The van der Waals surface area contributed by atoms with Gasteiger partial charge in [0.15, 0.2) is 17.4 Å². The normalized spacial score (nSPS) is 16.0. The molecule has 4 rings (SSSR count). The fourth-order valence-electron chi connectivity index (χ4n) is 2.80. The lowest BCUT2D eigenvalue weighted by Gasteiger charge is -2.07. The van der Waals surface area contributed by atoms with Crippen molar-refractivity contribution in [1.82, 2.24) is 15.1 Å². The fraction of sp³-hybridized carbons (Fsp3) is 0.235. The van der Waals surface area contributed by atoms with E-state index in [1.807, 2.05) is 6.07 Å². The molecule has 0 aliphatic carbocycles. The molecule has 1 unspecified atom stereocenters. The average Bonchev–Trinajstić information content (AvgIpc) is 3.21. The highest BCUT2D eigenvalue weighted by molar-refractivity contribution is 5.68. The molecule has 7 heteroatoms. The Bertz CT molecular complexity index is 909. The third kappa shape index (κ3) is 2.52. The Balaban J connectivity index is 1.74. The maximum Gasteiger partial charge on any atom is 0.258 e. The van der Waals surface area contributed by atoms with E-state index in [1.165, 1.54) is 6.07 Å². The van der Waals surface area contributed by atoms with E-state index in [0.717, 1.165) is 11.1 Å². The highest BCUT2D eigenvalue weighted by Gasteiger charge is 2.26. The van der Waals surface area contributed by atoms with E-state index in [2.05, 4.69) is 15.1 Å². The number of aromatic nitrogens is 3. The van der Waals surface area contributed by atoms with Crippen molar-refractivity contribution in [3.63, 3.8) is 0 Å². The van der Waals surface area contributed by atoms with Crippen LogP contribution >= 0.6 is 0 Å². The number of pyridine rings is 1. The van der Waals surface area contributed by atoms with E-state index in [9.17, 15) is 4.39 Å². The second kappa shape index (κ2) is 5.68. The molecule has 2 aromatic heterocycles. The van der Waals surface area contributed by atoms with E-state index in [1.54, 1.807) is 25.3 Å². The molecule has 0 spiro atoms.